The Morgan fingerprint density at radius 1 is 1.00 bits per heavy atom. The summed E-state index contributed by atoms with van der Waals surface area (Å²) in [6.07, 6.45) is 4.28. The van der Waals surface area contributed by atoms with Gasteiger partial charge in [-0.05, 0) is 38.0 Å². The van der Waals surface area contributed by atoms with Crippen LogP contribution in [0, 0.1) is 23.7 Å². The Bertz CT molecular complexity index is 530. The molecule has 5 aliphatic heterocycles. The largest absolute Gasteiger partial charge is 0.331 e. The molecule has 5 nitrogen and oxygen atoms in total. The van der Waals surface area contributed by atoms with Crippen LogP contribution < -0.4 is 0 Å². The lowest BCUT2D eigenvalue weighted by Gasteiger charge is -2.61. The summed E-state index contributed by atoms with van der Waals surface area (Å²) in [4.78, 5) is 14.6. The highest BCUT2D eigenvalue weighted by Gasteiger charge is 2.69. The first-order valence-corrected chi connectivity index (χ1v) is 11.2. The minimum absolute atomic E-state index is 0.141. The van der Waals surface area contributed by atoms with E-state index in [0.717, 1.165) is 25.9 Å². The highest BCUT2D eigenvalue weighted by Crippen LogP contribution is 2.60. The minimum Gasteiger partial charge on any atom is -0.331 e. The van der Waals surface area contributed by atoms with Crippen molar-refractivity contribution in [3.63, 3.8) is 0 Å². The van der Waals surface area contributed by atoms with Crippen LogP contribution in [0.2, 0.25) is 0 Å². The van der Waals surface area contributed by atoms with Crippen LogP contribution in [0.15, 0.2) is 0 Å². The molecule has 25 heavy (non-hydrogen) atoms. The Hall–Kier alpha value is 0.150. The Kier molecular flexibility index (Phi) is 4.20. The summed E-state index contributed by atoms with van der Waals surface area (Å²) >= 11 is 2.05. The van der Waals surface area contributed by atoms with Crippen LogP contribution in [-0.4, -0.2) is 53.4 Å². The van der Waals surface area contributed by atoms with E-state index in [-0.39, 0.29) is 12.5 Å². The van der Waals surface area contributed by atoms with Crippen molar-refractivity contribution in [2.24, 2.45) is 23.7 Å². The molecule has 6 heteroatoms. The Balaban J connectivity index is 1.52. The standard InChI is InChI=1S/C19H31NO4S/c1-12-4-5-15-13(2)16(20-8-10-25-11-9-20)21-17-19(15)14(12)6-7-18(3,22-17)23-24-19/h12-17H,4-11H2,1-3H3/t12-,13-,14-,15-,16?,17+,18+,19-/m0/s1. The van der Waals surface area contributed by atoms with Crippen molar-refractivity contribution in [3.8, 4) is 0 Å². The van der Waals surface area contributed by atoms with Crippen molar-refractivity contribution < 1.29 is 19.2 Å². The van der Waals surface area contributed by atoms with Gasteiger partial charge in [0.2, 0.25) is 5.79 Å². The molecule has 5 heterocycles. The van der Waals surface area contributed by atoms with E-state index in [1.807, 2.05) is 18.7 Å². The Morgan fingerprint density at radius 3 is 2.60 bits per heavy atom. The number of hydrogen-bond donors (Lipinski definition) is 0. The van der Waals surface area contributed by atoms with Gasteiger partial charge in [-0.15, -0.1) is 0 Å². The molecular weight excluding hydrogens is 338 g/mol. The average molecular weight is 370 g/mol. The number of fused-ring (bicyclic) bond motifs is 2. The topological polar surface area (TPSA) is 40.2 Å². The SMILES string of the molecule is C[C@@H]1C(N2CCSCC2)O[C@@H]2O[C@@]3(C)CC[C@H]4[C@@H](C)CC[C@@H]1[C@]24OO3. The predicted octanol–water partition coefficient (Wildman–Crippen LogP) is 3.24. The number of thioether (sulfide) groups is 1. The van der Waals surface area contributed by atoms with Gasteiger partial charge in [0.1, 0.15) is 6.23 Å². The van der Waals surface area contributed by atoms with Gasteiger partial charge in [-0.25, -0.2) is 9.78 Å². The van der Waals surface area contributed by atoms with Crippen molar-refractivity contribution in [2.45, 2.75) is 70.4 Å². The number of nitrogens with zero attached hydrogens (tertiary/aromatic N) is 1. The van der Waals surface area contributed by atoms with Gasteiger partial charge >= 0.3 is 0 Å². The van der Waals surface area contributed by atoms with Crippen molar-refractivity contribution >= 4 is 11.8 Å². The van der Waals surface area contributed by atoms with Gasteiger partial charge in [-0.2, -0.15) is 11.8 Å². The average Bonchev–Trinajstić information content (AvgIpc) is 2.85. The first-order chi connectivity index (χ1) is 12.0. The molecule has 8 atom stereocenters. The summed E-state index contributed by atoms with van der Waals surface area (Å²) < 4.78 is 13.1. The van der Waals surface area contributed by atoms with Gasteiger partial charge in [0.05, 0.1) is 0 Å². The van der Waals surface area contributed by atoms with E-state index in [0.29, 0.717) is 23.7 Å². The highest BCUT2D eigenvalue weighted by molar-refractivity contribution is 7.99. The van der Waals surface area contributed by atoms with Crippen LogP contribution in [0.1, 0.15) is 46.5 Å². The summed E-state index contributed by atoms with van der Waals surface area (Å²) in [7, 11) is 0. The third kappa shape index (κ3) is 2.48. The molecule has 6 aliphatic rings. The fourth-order valence-electron chi connectivity index (χ4n) is 6.14. The molecule has 0 N–H and O–H groups in total. The van der Waals surface area contributed by atoms with E-state index < -0.39 is 11.4 Å². The quantitative estimate of drug-likeness (QED) is 0.661. The van der Waals surface area contributed by atoms with Gasteiger partial charge in [0.15, 0.2) is 11.9 Å². The van der Waals surface area contributed by atoms with E-state index in [2.05, 4.69) is 18.7 Å². The monoisotopic (exact) mass is 369 g/mol. The van der Waals surface area contributed by atoms with E-state index in [4.69, 9.17) is 19.2 Å². The van der Waals surface area contributed by atoms with Crippen LogP contribution in [0.4, 0.5) is 0 Å². The van der Waals surface area contributed by atoms with Crippen molar-refractivity contribution in [1.29, 1.82) is 0 Å². The molecule has 6 fully saturated rings. The van der Waals surface area contributed by atoms with Gasteiger partial charge in [-0.1, -0.05) is 13.8 Å². The van der Waals surface area contributed by atoms with Crippen molar-refractivity contribution in [2.75, 3.05) is 24.6 Å². The molecule has 0 radical (unpaired) electrons. The Labute approximate surface area is 155 Å². The van der Waals surface area contributed by atoms with Crippen molar-refractivity contribution in [3.05, 3.63) is 0 Å². The third-order valence-electron chi connectivity index (χ3n) is 7.53. The van der Waals surface area contributed by atoms with Crippen LogP contribution in [-0.2, 0) is 19.2 Å². The molecule has 6 rings (SSSR count). The number of ether oxygens (including phenoxy) is 2. The molecule has 5 saturated heterocycles. The fourth-order valence-corrected chi connectivity index (χ4v) is 7.07. The second-order valence-corrected chi connectivity index (χ2v) is 10.2. The zero-order chi connectivity index (χ0) is 17.2. The van der Waals surface area contributed by atoms with Gasteiger partial charge < -0.3 is 9.47 Å². The first kappa shape index (κ1) is 17.3. The molecular formula is C19H31NO4S. The van der Waals surface area contributed by atoms with Gasteiger partial charge in [0.25, 0.3) is 0 Å². The van der Waals surface area contributed by atoms with Crippen molar-refractivity contribution in [1.82, 2.24) is 4.90 Å². The van der Waals surface area contributed by atoms with E-state index >= 15 is 0 Å². The maximum Gasteiger partial charge on any atom is 0.201 e. The molecule has 0 aromatic rings. The van der Waals surface area contributed by atoms with E-state index in [9.17, 15) is 0 Å². The zero-order valence-electron chi connectivity index (χ0n) is 15.6. The van der Waals surface area contributed by atoms with Gasteiger partial charge in [0, 0.05) is 42.9 Å². The smallest absolute Gasteiger partial charge is 0.201 e. The second kappa shape index (κ2) is 6.08. The van der Waals surface area contributed by atoms with E-state index in [1.54, 1.807) is 0 Å². The maximum atomic E-state index is 6.69. The summed E-state index contributed by atoms with van der Waals surface area (Å²) in [5.41, 5.74) is -0.422. The molecule has 0 aromatic carbocycles. The second-order valence-electron chi connectivity index (χ2n) is 8.94. The fraction of sp³-hybridized carbons (Fsp3) is 1.00. The molecule has 2 bridgehead atoms. The van der Waals surface area contributed by atoms with Crippen LogP contribution in [0.25, 0.3) is 0 Å². The molecule has 1 aliphatic carbocycles. The predicted molar refractivity (Wildman–Crippen MR) is 95.7 cm³/mol. The first-order valence-electron chi connectivity index (χ1n) is 10.1. The maximum absolute atomic E-state index is 6.69. The summed E-state index contributed by atoms with van der Waals surface area (Å²) in [5.74, 6) is 3.70. The normalized spacial score (nSPS) is 56.3. The summed E-state index contributed by atoms with van der Waals surface area (Å²) in [5, 5.41) is 0. The van der Waals surface area contributed by atoms with Gasteiger partial charge in [-0.3, -0.25) is 4.90 Å². The van der Waals surface area contributed by atoms with Crippen LogP contribution >= 0.6 is 11.8 Å². The Morgan fingerprint density at radius 2 is 1.80 bits per heavy atom. The number of hydrogen-bond acceptors (Lipinski definition) is 6. The van der Waals surface area contributed by atoms with Crippen LogP contribution in [0.5, 0.6) is 0 Å². The summed E-state index contributed by atoms with van der Waals surface area (Å²) in [6, 6.07) is 0. The lowest BCUT2D eigenvalue weighted by Crippen LogP contribution is -2.72. The van der Waals surface area contributed by atoms with Crippen LogP contribution in [0.3, 0.4) is 0 Å². The van der Waals surface area contributed by atoms with E-state index in [1.165, 1.54) is 24.3 Å². The third-order valence-corrected chi connectivity index (χ3v) is 8.47. The number of rotatable bonds is 1. The molecule has 1 unspecified atom stereocenters. The lowest BCUT2D eigenvalue weighted by molar-refractivity contribution is -0.574. The zero-order valence-corrected chi connectivity index (χ0v) is 16.4. The molecule has 142 valence electrons. The molecule has 0 aromatic heterocycles. The molecule has 1 saturated carbocycles. The molecule has 1 spiro atoms. The minimum atomic E-state index is -0.666. The molecule has 0 amide bonds. The highest BCUT2D eigenvalue weighted by atomic mass is 32.2. The summed E-state index contributed by atoms with van der Waals surface area (Å²) in [6.45, 7) is 8.96. The lowest BCUT2D eigenvalue weighted by atomic mass is 9.58.